The van der Waals surface area contributed by atoms with Gasteiger partial charge in [0.15, 0.2) is 5.82 Å². The van der Waals surface area contributed by atoms with Crippen molar-refractivity contribution in [2.24, 2.45) is 0 Å². The molecule has 1 atom stereocenters. The van der Waals surface area contributed by atoms with Crippen LogP contribution in [0, 0.1) is 0 Å². The molecule has 13 rings (SSSR count). The summed E-state index contributed by atoms with van der Waals surface area (Å²) < 4.78 is 2.61. The van der Waals surface area contributed by atoms with Crippen LogP contribution in [0.1, 0.15) is 22.3 Å². The third-order valence-corrected chi connectivity index (χ3v) is 14.0. The van der Waals surface area contributed by atoms with Crippen LogP contribution in [0.15, 0.2) is 207 Å². The van der Waals surface area contributed by atoms with Crippen molar-refractivity contribution in [2.75, 3.05) is 0 Å². The lowest BCUT2D eigenvalue weighted by atomic mass is 9.65. The summed E-state index contributed by atoms with van der Waals surface area (Å²) in [6, 6.07) is 68.3. The van der Waals surface area contributed by atoms with Crippen LogP contribution < -0.4 is 0 Å². The van der Waals surface area contributed by atoms with E-state index in [0.717, 1.165) is 39.3 Å². The van der Waals surface area contributed by atoms with E-state index in [2.05, 4.69) is 157 Å². The fourth-order valence-corrected chi connectivity index (χ4v) is 11.4. The zero-order valence-corrected chi connectivity index (χ0v) is 34.1. The minimum absolute atomic E-state index is 0.645. The molecule has 4 aromatic heterocycles. The molecule has 0 N–H and O–H groups in total. The maximum absolute atomic E-state index is 5.36. The van der Waals surface area contributed by atoms with Gasteiger partial charge in [-0.05, 0) is 104 Å². The summed E-state index contributed by atoms with van der Waals surface area (Å²) in [5, 5.41) is 2.64. The van der Waals surface area contributed by atoms with Gasteiger partial charge in [-0.25, -0.2) is 9.97 Å². The Kier molecular flexibility index (Phi) is 7.66. The van der Waals surface area contributed by atoms with E-state index in [1.807, 2.05) is 60.1 Å². The van der Waals surface area contributed by atoms with Crippen LogP contribution in [-0.2, 0) is 5.41 Å². The second-order valence-corrected chi connectivity index (χ2v) is 17.2. The van der Waals surface area contributed by atoms with Gasteiger partial charge in [0.05, 0.1) is 22.5 Å². The normalized spacial score (nSPS) is 14.5. The molecule has 2 aliphatic carbocycles. The largest absolute Gasteiger partial charge is 0.264 e. The molecule has 7 aromatic carbocycles. The van der Waals surface area contributed by atoms with Gasteiger partial charge in [0, 0.05) is 61.0 Å². The lowest BCUT2D eigenvalue weighted by Gasteiger charge is -2.35. The highest BCUT2D eigenvalue weighted by molar-refractivity contribution is 7.26. The summed E-state index contributed by atoms with van der Waals surface area (Å²) in [5.41, 5.74) is 18.4. The number of thiophene rings is 1. The monoisotopic (exact) mass is 806 g/mol. The van der Waals surface area contributed by atoms with Crippen molar-refractivity contribution >= 4 is 31.5 Å². The average Bonchev–Trinajstić information content (AvgIpc) is 3.85. The van der Waals surface area contributed by atoms with Gasteiger partial charge >= 0.3 is 0 Å². The molecule has 288 valence electrons. The molecule has 1 spiro atoms. The molecule has 0 saturated carbocycles. The summed E-state index contributed by atoms with van der Waals surface area (Å²) in [4.78, 5) is 19.7. The first-order valence-corrected chi connectivity index (χ1v) is 21.8. The molecule has 0 bridgehead atoms. The smallest absolute Gasteiger partial charge is 0.160 e. The van der Waals surface area contributed by atoms with Gasteiger partial charge in [-0.2, -0.15) is 0 Å². The topological polar surface area (TPSA) is 51.6 Å². The van der Waals surface area contributed by atoms with E-state index in [-0.39, 0.29) is 0 Å². The second-order valence-electron chi connectivity index (χ2n) is 16.1. The third-order valence-electron chi connectivity index (χ3n) is 12.9. The summed E-state index contributed by atoms with van der Waals surface area (Å²) >= 11 is 1.88. The molecule has 62 heavy (non-hydrogen) atoms. The van der Waals surface area contributed by atoms with Crippen LogP contribution in [0.2, 0.25) is 0 Å². The number of nitrogens with zero attached hydrogens (tertiary/aromatic N) is 4. The number of pyridine rings is 2. The summed E-state index contributed by atoms with van der Waals surface area (Å²) in [5.74, 6) is 0.665. The fraction of sp³-hybridized carbons (Fsp3) is 0.0175. The van der Waals surface area contributed by atoms with E-state index < -0.39 is 5.41 Å². The fourth-order valence-electron chi connectivity index (χ4n) is 10.2. The number of rotatable bonds is 4. The zero-order chi connectivity index (χ0) is 40.8. The Morgan fingerprint density at radius 3 is 1.81 bits per heavy atom. The average molecular weight is 807 g/mol. The Hall–Kier alpha value is -7.86. The number of benzene rings is 7. The van der Waals surface area contributed by atoms with Gasteiger partial charge in [-0.3, -0.25) is 9.97 Å². The molecule has 0 amide bonds. The van der Waals surface area contributed by atoms with Crippen molar-refractivity contribution in [2.45, 2.75) is 5.41 Å². The molecule has 0 saturated heterocycles. The number of fused-ring (bicyclic) bond motifs is 16. The molecule has 0 radical (unpaired) electrons. The van der Waals surface area contributed by atoms with Gasteiger partial charge in [0.2, 0.25) is 0 Å². The van der Waals surface area contributed by atoms with E-state index >= 15 is 0 Å². The predicted octanol–water partition coefficient (Wildman–Crippen LogP) is 14.3. The van der Waals surface area contributed by atoms with Crippen LogP contribution in [0.3, 0.4) is 0 Å². The van der Waals surface area contributed by atoms with E-state index in [9.17, 15) is 0 Å². The highest BCUT2D eigenvalue weighted by atomic mass is 32.1. The molecule has 1 unspecified atom stereocenters. The summed E-state index contributed by atoms with van der Waals surface area (Å²) in [6.07, 6.45) is 5.53. The highest BCUT2D eigenvalue weighted by Gasteiger charge is 2.50. The predicted molar refractivity (Wildman–Crippen MR) is 254 cm³/mol. The van der Waals surface area contributed by atoms with E-state index in [0.29, 0.717) is 5.82 Å². The number of hydrogen-bond donors (Lipinski definition) is 0. The van der Waals surface area contributed by atoms with E-state index in [4.69, 9.17) is 15.0 Å². The number of aromatic nitrogens is 4. The van der Waals surface area contributed by atoms with Gasteiger partial charge < -0.3 is 0 Å². The zero-order valence-electron chi connectivity index (χ0n) is 33.3. The molecule has 5 heteroatoms. The van der Waals surface area contributed by atoms with Gasteiger partial charge in [0.25, 0.3) is 0 Å². The molecular weight excluding hydrogens is 773 g/mol. The minimum atomic E-state index is -0.645. The molecule has 4 heterocycles. The summed E-state index contributed by atoms with van der Waals surface area (Å²) in [6.45, 7) is 0. The third kappa shape index (κ3) is 5.06. The van der Waals surface area contributed by atoms with Crippen LogP contribution in [0.5, 0.6) is 0 Å². The Labute approximate surface area is 362 Å². The van der Waals surface area contributed by atoms with Gasteiger partial charge in [-0.15, -0.1) is 11.3 Å². The Balaban J connectivity index is 1.11. The first-order valence-electron chi connectivity index (χ1n) is 20.9. The summed E-state index contributed by atoms with van der Waals surface area (Å²) in [7, 11) is 0. The minimum Gasteiger partial charge on any atom is -0.264 e. The van der Waals surface area contributed by atoms with Crippen molar-refractivity contribution < 1.29 is 0 Å². The lowest BCUT2D eigenvalue weighted by molar-refractivity contribution is 0.776. The van der Waals surface area contributed by atoms with Crippen LogP contribution in [-0.4, -0.2) is 19.9 Å². The van der Waals surface area contributed by atoms with Crippen molar-refractivity contribution in [3.8, 4) is 78.5 Å². The van der Waals surface area contributed by atoms with E-state index in [1.165, 1.54) is 75.8 Å². The van der Waals surface area contributed by atoms with Gasteiger partial charge in [0.1, 0.15) is 0 Å². The van der Waals surface area contributed by atoms with Crippen LogP contribution in [0.25, 0.3) is 98.7 Å². The van der Waals surface area contributed by atoms with Crippen molar-refractivity contribution in [1.82, 2.24) is 19.9 Å². The van der Waals surface area contributed by atoms with Gasteiger partial charge in [-0.1, -0.05) is 140 Å². The molecule has 4 nitrogen and oxygen atoms in total. The standard InChI is InChI=1S/C57H34N4S/c1-2-13-35(14-3-1)56-60-50(32-51(61-56)38-25-28-49(59-34-38)37-15-12-30-58-33-37)36-24-26-42-40-17-5-4-16-39(40)41-18-6-9-21-45(41)57(48(42)31-36)46-22-10-7-19-43(46)54-47(57)27-29-53-55(54)44-20-8-11-23-52(44)62-53/h1-34H. The first kappa shape index (κ1) is 34.9. The number of hydrogen-bond acceptors (Lipinski definition) is 5. The Morgan fingerprint density at radius 1 is 0.387 bits per heavy atom. The SMILES string of the molecule is c1ccc(-c2nc(-c3ccc(-c4cccnc4)nc3)cc(-c3ccc4c(c3)C3(c5ccccc5-c5ccccc5-4)c4ccccc4-c4c3ccc3sc5ccccc5c43)n2)cc1. The van der Waals surface area contributed by atoms with Crippen molar-refractivity contribution in [3.05, 3.63) is 229 Å². The quantitative estimate of drug-likeness (QED) is 0.178. The molecular formula is C57H34N4S. The van der Waals surface area contributed by atoms with Crippen LogP contribution in [0.4, 0.5) is 0 Å². The maximum atomic E-state index is 5.36. The maximum Gasteiger partial charge on any atom is 0.160 e. The second kappa shape index (κ2) is 13.6. The van der Waals surface area contributed by atoms with Crippen LogP contribution >= 0.6 is 11.3 Å². The molecule has 0 aliphatic heterocycles. The first-order chi connectivity index (χ1) is 30.7. The van der Waals surface area contributed by atoms with Crippen molar-refractivity contribution in [3.63, 3.8) is 0 Å². The Morgan fingerprint density at radius 2 is 1.03 bits per heavy atom. The van der Waals surface area contributed by atoms with E-state index in [1.54, 1.807) is 6.20 Å². The molecule has 11 aromatic rings. The molecule has 0 fully saturated rings. The highest BCUT2D eigenvalue weighted by Crippen LogP contribution is 2.63. The molecule has 2 aliphatic rings. The lowest BCUT2D eigenvalue weighted by Crippen LogP contribution is -2.29. The van der Waals surface area contributed by atoms with Crippen molar-refractivity contribution in [1.29, 1.82) is 0 Å². The Bertz CT molecular complexity index is 3580.